The number of amides is 2. The molecule has 1 aromatic carbocycles. The molecule has 0 spiro atoms. The van der Waals surface area contributed by atoms with Crippen LogP contribution >= 0.6 is 0 Å². The summed E-state index contributed by atoms with van der Waals surface area (Å²) in [5, 5.41) is 10.3. The Morgan fingerprint density at radius 2 is 1.95 bits per heavy atom. The number of nitrogens with zero attached hydrogens (tertiary/aromatic N) is 2. The summed E-state index contributed by atoms with van der Waals surface area (Å²) >= 11 is 0. The third-order valence-electron chi connectivity index (χ3n) is 4.14. The van der Waals surface area contributed by atoms with E-state index in [1.54, 1.807) is 21.9 Å². The lowest BCUT2D eigenvalue weighted by Gasteiger charge is -2.34. The van der Waals surface area contributed by atoms with E-state index in [0.717, 1.165) is 12.8 Å². The van der Waals surface area contributed by atoms with E-state index in [9.17, 15) is 14.3 Å². The topological polar surface area (TPSA) is 53.0 Å². The van der Waals surface area contributed by atoms with Crippen molar-refractivity contribution in [3.05, 3.63) is 35.6 Å². The standard InChI is InChI=1S/C16H21FN2O3/c17-13-3-1-12(2-4-13)15(20)11-19(14-5-6-14)16(21)18-7-9-22-10-8-18/h1-4,14-15,20H,5-11H2. The van der Waals surface area contributed by atoms with Crippen LogP contribution in [-0.2, 0) is 4.74 Å². The van der Waals surface area contributed by atoms with Gasteiger partial charge in [0, 0.05) is 19.1 Å². The Hall–Kier alpha value is -1.66. The number of carbonyl (C=O) groups excluding carboxylic acids is 1. The van der Waals surface area contributed by atoms with E-state index in [0.29, 0.717) is 31.9 Å². The van der Waals surface area contributed by atoms with Crippen LogP contribution in [0.3, 0.4) is 0 Å². The quantitative estimate of drug-likeness (QED) is 0.922. The Bertz CT molecular complexity index is 513. The molecule has 2 amide bonds. The third-order valence-corrected chi connectivity index (χ3v) is 4.14. The molecule has 2 aliphatic rings. The first-order valence-corrected chi connectivity index (χ1v) is 7.72. The number of benzene rings is 1. The minimum absolute atomic E-state index is 0.0352. The van der Waals surface area contributed by atoms with Crippen LogP contribution in [0.1, 0.15) is 24.5 Å². The lowest BCUT2D eigenvalue weighted by molar-refractivity contribution is 0.0363. The van der Waals surface area contributed by atoms with Gasteiger partial charge in [-0.3, -0.25) is 0 Å². The molecule has 1 heterocycles. The molecule has 1 saturated heterocycles. The first-order chi connectivity index (χ1) is 10.6. The lowest BCUT2D eigenvalue weighted by atomic mass is 10.1. The van der Waals surface area contributed by atoms with E-state index in [1.165, 1.54) is 12.1 Å². The Kier molecular flexibility index (Phi) is 4.59. The first-order valence-electron chi connectivity index (χ1n) is 7.72. The number of hydrogen-bond acceptors (Lipinski definition) is 3. The van der Waals surface area contributed by atoms with Gasteiger partial charge >= 0.3 is 6.03 Å². The van der Waals surface area contributed by atoms with E-state index in [4.69, 9.17) is 4.74 Å². The molecule has 1 saturated carbocycles. The highest BCUT2D eigenvalue weighted by molar-refractivity contribution is 5.75. The van der Waals surface area contributed by atoms with Crippen LogP contribution in [0.15, 0.2) is 24.3 Å². The molecule has 3 rings (SSSR count). The summed E-state index contributed by atoms with van der Waals surface area (Å²) in [5.41, 5.74) is 0.627. The average molecular weight is 308 g/mol. The molecule has 22 heavy (non-hydrogen) atoms. The molecular weight excluding hydrogens is 287 g/mol. The van der Waals surface area contributed by atoms with Gasteiger partial charge in [-0.1, -0.05) is 12.1 Å². The van der Waals surface area contributed by atoms with Crippen molar-refractivity contribution in [2.45, 2.75) is 25.0 Å². The highest BCUT2D eigenvalue weighted by atomic mass is 19.1. The normalized spacial score (nSPS) is 19.8. The monoisotopic (exact) mass is 308 g/mol. The third kappa shape index (κ3) is 3.56. The molecule has 1 aliphatic carbocycles. The molecular formula is C16H21FN2O3. The fourth-order valence-electron chi connectivity index (χ4n) is 2.68. The van der Waals surface area contributed by atoms with Crippen molar-refractivity contribution in [2.75, 3.05) is 32.8 Å². The fourth-order valence-corrected chi connectivity index (χ4v) is 2.68. The van der Waals surface area contributed by atoms with Crippen LogP contribution in [0, 0.1) is 5.82 Å². The molecule has 1 atom stereocenters. The molecule has 0 radical (unpaired) electrons. The lowest BCUT2D eigenvalue weighted by Crippen LogP contribution is -2.50. The second-order valence-electron chi connectivity index (χ2n) is 5.83. The maximum atomic E-state index is 13.0. The Morgan fingerprint density at radius 3 is 2.55 bits per heavy atom. The Labute approximate surface area is 129 Å². The number of hydrogen-bond donors (Lipinski definition) is 1. The maximum Gasteiger partial charge on any atom is 0.320 e. The highest BCUT2D eigenvalue weighted by Gasteiger charge is 2.36. The molecule has 1 aromatic rings. The summed E-state index contributed by atoms with van der Waals surface area (Å²) in [7, 11) is 0. The zero-order valence-electron chi connectivity index (χ0n) is 12.4. The van der Waals surface area contributed by atoms with E-state index in [1.807, 2.05) is 0 Å². The minimum atomic E-state index is -0.800. The fraction of sp³-hybridized carbons (Fsp3) is 0.562. The molecule has 120 valence electrons. The summed E-state index contributed by atoms with van der Waals surface area (Å²) in [6, 6.07) is 5.94. The second-order valence-corrected chi connectivity index (χ2v) is 5.83. The van der Waals surface area contributed by atoms with E-state index >= 15 is 0 Å². The van der Waals surface area contributed by atoms with Gasteiger partial charge in [-0.2, -0.15) is 0 Å². The molecule has 5 nitrogen and oxygen atoms in total. The van der Waals surface area contributed by atoms with Crippen LogP contribution < -0.4 is 0 Å². The maximum absolute atomic E-state index is 13.0. The van der Waals surface area contributed by atoms with E-state index in [-0.39, 0.29) is 24.4 Å². The van der Waals surface area contributed by atoms with Gasteiger partial charge in [-0.15, -0.1) is 0 Å². The van der Waals surface area contributed by atoms with Crippen LogP contribution in [0.4, 0.5) is 9.18 Å². The number of aliphatic hydroxyl groups is 1. The Morgan fingerprint density at radius 1 is 1.32 bits per heavy atom. The number of halogens is 1. The largest absolute Gasteiger partial charge is 0.387 e. The van der Waals surface area contributed by atoms with Gasteiger partial charge in [0.1, 0.15) is 5.82 Å². The van der Waals surface area contributed by atoms with Crippen molar-refractivity contribution in [1.29, 1.82) is 0 Å². The van der Waals surface area contributed by atoms with Gasteiger partial charge in [0.2, 0.25) is 0 Å². The van der Waals surface area contributed by atoms with Crippen LogP contribution in [0.5, 0.6) is 0 Å². The summed E-state index contributed by atoms with van der Waals surface area (Å²) < 4.78 is 18.2. The number of ether oxygens (including phenoxy) is 1. The zero-order chi connectivity index (χ0) is 15.5. The van der Waals surface area contributed by atoms with E-state index in [2.05, 4.69) is 0 Å². The molecule has 1 N–H and O–H groups in total. The first kappa shape index (κ1) is 15.2. The number of urea groups is 1. The molecule has 0 aromatic heterocycles. The van der Waals surface area contributed by atoms with Gasteiger partial charge < -0.3 is 19.6 Å². The predicted molar refractivity (Wildman–Crippen MR) is 78.9 cm³/mol. The number of carbonyl (C=O) groups is 1. The summed E-state index contributed by atoms with van der Waals surface area (Å²) in [6.45, 7) is 2.55. The smallest absolute Gasteiger partial charge is 0.320 e. The Balaban J connectivity index is 1.66. The average Bonchev–Trinajstić information content (AvgIpc) is 3.38. The number of aliphatic hydroxyl groups excluding tert-OH is 1. The summed E-state index contributed by atoms with van der Waals surface area (Å²) in [5.74, 6) is -0.334. The van der Waals surface area contributed by atoms with Crippen molar-refractivity contribution in [3.63, 3.8) is 0 Å². The predicted octanol–water partition coefficient (Wildman–Crippen LogP) is 1.78. The van der Waals surface area contributed by atoms with E-state index < -0.39 is 6.10 Å². The molecule has 6 heteroatoms. The van der Waals surface area contributed by atoms with Gasteiger partial charge in [0.05, 0.1) is 25.9 Å². The van der Waals surface area contributed by atoms with Gasteiger partial charge in [0.25, 0.3) is 0 Å². The minimum Gasteiger partial charge on any atom is -0.387 e. The summed E-state index contributed by atoms with van der Waals surface area (Å²) in [6.07, 6.45) is 1.16. The van der Waals surface area contributed by atoms with Crippen molar-refractivity contribution < 1.29 is 19.0 Å². The van der Waals surface area contributed by atoms with Crippen molar-refractivity contribution in [1.82, 2.24) is 9.80 Å². The SMILES string of the molecule is O=C(N1CCOCC1)N(CC(O)c1ccc(F)cc1)C1CC1. The molecule has 1 unspecified atom stereocenters. The van der Waals surface area contributed by atoms with Crippen LogP contribution in [0.2, 0.25) is 0 Å². The highest BCUT2D eigenvalue weighted by Crippen LogP contribution is 2.30. The van der Waals surface area contributed by atoms with Gasteiger partial charge in [0.15, 0.2) is 0 Å². The van der Waals surface area contributed by atoms with Crippen molar-refractivity contribution in [3.8, 4) is 0 Å². The van der Waals surface area contributed by atoms with Gasteiger partial charge in [-0.25, -0.2) is 9.18 Å². The molecule has 2 fully saturated rings. The second kappa shape index (κ2) is 6.62. The summed E-state index contributed by atoms with van der Waals surface area (Å²) in [4.78, 5) is 16.2. The van der Waals surface area contributed by atoms with Crippen molar-refractivity contribution in [2.24, 2.45) is 0 Å². The van der Waals surface area contributed by atoms with Crippen molar-refractivity contribution >= 4 is 6.03 Å². The number of morpholine rings is 1. The molecule has 1 aliphatic heterocycles. The van der Waals surface area contributed by atoms with Crippen LogP contribution in [0.25, 0.3) is 0 Å². The van der Waals surface area contributed by atoms with Gasteiger partial charge in [-0.05, 0) is 30.5 Å². The molecule has 0 bridgehead atoms. The zero-order valence-corrected chi connectivity index (χ0v) is 12.4. The van der Waals surface area contributed by atoms with Crippen LogP contribution in [-0.4, -0.2) is 59.8 Å². The number of rotatable bonds is 4.